The van der Waals surface area contributed by atoms with E-state index in [-0.39, 0.29) is 0 Å². The lowest BCUT2D eigenvalue weighted by atomic mass is 10.1. The summed E-state index contributed by atoms with van der Waals surface area (Å²) in [6.45, 7) is 12.6. The number of aromatic nitrogens is 2. The van der Waals surface area contributed by atoms with Crippen LogP contribution in [-0.4, -0.2) is 16.3 Å². The van der Waals surface area contributed by atoms with Crippen LogP contribution < -0.4 is 5.32 Å². The highest BCUT2D eigenvalue weighted by Gasteiger charge is 2.12. The van der Waals surface area contributed by atoms with Gasteiger partial charge in [-0.3, -0.25) is 0 Å². The van der Waals surface area contributed by atoms with Gasteiger partial charge in [0.25, 0.3) is 0 Å². The Morgan fingerprint density at radius 2 is 1.95 bits per heavy atom. The molecule has 4 heteroatoms. The summed E-state index contributed by atoms with van der Waals surface area (Å²) in [6.07, 6.45) is 0. The summed E-state index contributed by atoms with van der Waals surface area (Å²) in [6, 6.07) is 6.40. The maximum absolute atomic E-state index is 4.69. The van der Waals surface area contributed by atoms with Crippen LogP contribution in [0.5, 0.6) is 0 Å². The fraction of sp³-hybridized carbons (Fsp3) is 0.471. The Morgan fingerprint density at radius 1 is 1.24 bits per heavy atom. The average molecular weight is 350 g/mol. The molecule has 0 fully saturated rings. The summed E-state index contributed by atoms with van der Waals surface area (Å²) < 4.78 is 3.14. The van der Waals surface area contributed by atoms with Crippen LogP contribution in [0.4, 0.5) is 0 Å². The van der Waals surface area contributed by atoms with Crippen LogP contribution in [0, 0.1) is 26.7 Å². The first-order valence-corrected chi connectivity index (χ1v) is 8.21. The van der Waals surface area contributed by atoms with Gasteiger partial charge in [-0.15, -0.1) is 0 Å². The highest BCUT2D eigenvalue weighted by molar-refractivity contribution is 9.10. The largest absolute Gasteiger partial charge is 0.312 e. The van der Waals surface area contributed by atoms with Crippen molar-refractivity contribution < 1.29 is 0 Å². The Morgan fingerprint density at radius 3 is 2.52 bits per heavy atom. The zero-order chi connectivity index (χ0) is 15.6. The van der Waals surface area contributed by atoms with Crippen LogP contribution in [0.2, 0.25) is 0 Å². The second-order valence-corrected chi connectivity index (χ2v) is 6.92. The maximum atomic E-state index is 4.69. The van der Waals surface area contributed by atoms with E-state index in [0.29, 0.717) is 5.92 Å². The Kier molecular flexibility index (Phi) is 5.22. The van der Waals surface area contributed by atoms with Crippen molar-refractivity contribution in [1.29, 1.82) is 0 Å². The third kappa shape index (κ3) is 3.74. The highest BCUT2D eigenvalue weighted by atomic mass is 79.9. The first kappa shape index (κ1) is 16.2. The Balaban J connectivity index is 2.37. The van der Waals surface area contributed by atoms with Gasteiger partial charge in [0, 0.05) is 16.7 Å². The zero-order valence-corrected chi connectivity index (χ0v) is 15.1. The minimum Gasteiger partial charge on any atom is -0.312 e. The molecule has 0 atom stereocenters. The van der Waals surface area contributed by atoms with Gasteiger partial charge in [-0.05, 0) is 56.5 Å². The van der Waals surface area contributed by atoms with Crippen molar-refractivity contribution >= 4 is 15.9 Å². The van der Waals surface area contributed by atoms with Crippen LogP contribution in [0.1, 0.15) is 36.4 Å². The van der Waals surface area contributed by atoms with Crippen molar-refractivity contribution in [2.24, 2.45) is 5.92 Å². The van der Waals surface area contributed by atoms with Gasteiger partial charge < -0.3 is 5.32 Å². The lowest BCUT2D eigenvalue weighted by Crippen LogP contribution is -2.20. The quantitative estimate of drug-likeness (QED) is 0.871. The number of aryl methyl sites for hydroxylation is 1. The summed E-state index contributed by atoms with van der Waals surface area (Å²) in [5.74, 6) is 0.653. The number of rotatable bonds is 5. The highest BCUT2D eigenvalue weighted by Crippen LogP contribution is 2.23. The second kappa shape index (κ2) is 6.75. The minimum atomic E-state index is 0.653. The van der Waals surface area contributed by atoms with Crippen LogP contribution >= 0.6 is 15.9 Å². The summed E-state index contributed by atoms with van der Waals surface area (Å²) >= 11 is 3.57. The normalized spacial score (nSPS) is 11.4. The number of nitrogens with one attached hydrogen (secondary N) is 1. The number of nitrogens with zero attached hydrogens (tertiary/aromatic N) is 2. The zero-order valence-electron chi connectivity index (χ0n) is 13.5. The first-order chi connectivity index (χ1) is 9.90. The van der Waals surface area contributed by atoms with Gasteiger partial charge in [0.05, 0.1) is 11.4 Å². The lowest BCUT2D eigenvalue weighted by Gasteiger charge is -2.14. The van der Waals surface area contributed by atoms with E-state index in [9.17, 15) is 0 Å². The molecule has 3 nitrogen and oxygen atoms in total. The molecular weight excluding hydrogens is 326 g/mol. The van der Waals surface area contributed by atoms with Crippen molar-refractivity contribution in [2.75, 3.05) is 6.54 Å². The molecular formula is C17H24BrN3. The molecule has 0 radical (unpaired) electrons. The summed E-state index contributed by atoms with van der Waals surface area (Å²) in [7, 11) is 0. The van der Waals surface area contributed by atoms with E-state index in [4.69, 9.17) is 5.10 Å². The third-order valence-corrected chi connectivity index (χ3v) is 4.29. The van der Waals surface area contributed by atoms with E-state index >= 15 is 0 Å². The molecule has 21 heavy (non-hydrogen) atoms. The predicted octanol–water partition coefficient (Wildman–Crippen LogP) is 4.31. The Labute approximate surface area is 135 Å². The van der Waals surface area contributed by atoms with Crippen molar-refractivity contribution in [3.63, 3.8) is 0 Å². The van der Waals surface area contributed by atoms with Crippen molar-refractivity contribution in [3.8, 4) is 5.69 Å². The van der Waals surface area contributed by atoms with Crippen LogP contribution in [-0.2, 0) is 6.54 Å². The Hall–Kier alpha value is -1.13. The number of hydrogen-bond donors (Lipinski definition) is 1. The molecule has 0 saturated heterocycles. The molecule has 0 aliphatic heterocycles. The molecule has 0 aliphatic carbocycles. The first-order valence-electron chi connectivity index (χ1n) is 7.42. The molecule has 1 aromatic heterocycles. The van der Waals surface area contributed by atoms with Gasteiger partial charge in [0.1, 0.15) is 0 Å². The molecule has 114 valence electrons. The average Bonchev–Trinajstić information content (AvgIpc) is 2.68. The fourth-order valence-electron chi connectivity index (χ4n) is 2.33. The molecule has 1 heterocycles. The lowest BCUT2D eigenvalue weighted by molar-refractivity contribution is 0.551. The molecule has 0 bridgehead atoms. The molecule has 0 aliphatic rings. The summed E-state index contributed by atoms with van der Waals surface area (Å²) in [5, 5.41) is 8.21. The molecule has 1 aromatic carbocycles. The summed E-state index contributed by atoms with van der Waals surface area (Å²) in [4.78, 5) is 0. The molecule has 2 rings (SSSR count). The number of hydrogen-bond acceptors (Lipinski definition) is 2. The van der Waals surface area contributed by atoms with Gasteiger partial charge in [-0.2, -0.15) is 5.10 Å². The molecule has 0 amide bonds. The Bertz CT molecular complexity index is 629. The number of benzene rings is 1. The van der Waals surface area contributed by atoms with Gasteiger partial charge in [0.15, 0.2) is 0 Å². The van der Waals surface area contributed by atoms with Crippen molar-refractivity contribution in [1.82, 2.24) is 15.1 Å². The molecule has 0 unspecified atom stereocenters. The van der Waals surface area contributed by atoms with E-state index in [0.717, 1.165) is 28.9 Å². The predicted molar refractivity (Wildman–Crippen MR) is 92.0 cm³/mol. The van der Waals surface area contributed by atoms with E-state index in [1.165, 1.54) is 16.8 Å². The molecule has 0 spiro atoms. The van der Waals surface area contributed by atoms with E-state index in [2.05, 4.69) is 78.7 Å². The van der Waals surface area contributed by atoms with Gasteiger partial charge in [-0.25, -0.2) is 4.68 Å². The fourth-order valence-corrected chi connectivity index (χ4v) is 2.68. The van der Waals surface area contributed by atoms with E-state index < -0.39 is 0 Å². The topological polar surface area (TPSA) is 29.9 Å². The minimum absolute atomic E-state index is 0.653. The third-order valence-electron chi connectivity index (χ3n) is 3.80. The molecule has 2 aromatic rings. The monoisotopic (exact) mass is 349 g/mol. The number of halogens is 1. The van der Waals surface area contributed by atoms with Crippen LogP contribution in [0.3, 0.4) is 0 Å². The molecule has 1 N–H and O–H groups in total. The van der Waals surface area contributed by atoms with Gasteiger partial charge in [0.2, 0.25) is 0 Å². The van der Waals surface area contributed by atoms with Crippen molar-refractivity contribution in [2.45, 2.75) is 41.2 Å². The standard InChI is InChI=1S/C17H24BrN3/c1-11(2)9-19-10-15-6-7-16(18)8-17(15)21-14(5)12(3)13(4)20-21/h6-8,11,19H,9-10H2,1-5H3. The van der Waals surface area contributed by atoms with Gasteiger partial charge in [-0.1, -0.05) is 35.8 Å². The second-order valence-electron chi connectivity index (χ2n) is 6.01. The molecule has 0 saturated carbocycles. The maximum Gasteiger partial charge on any atom is 0.0705 e. The van der Waals surface area contributed by atoms with Gasteiger partial charge >= 0.3 is 0 Å². The van der Waals surface area contributed by atoms with Crippen molar-refractivity contribution in [3.05, 3.63) is 45.2 Å². The van der Waals surface area contributed by atoms with E-state index in [1.807, 2.05) is 0 Å². The van der Waals surface area contributed by atoms with E-state index in [1.54, 1.807) is 0 Å². The van der Waals surface area contributed by atoms with Crippen LogP contribution in [0.15, 0.2) is 22.7 Å². The summed E-state index contributed by atoms with van der Waals surface area (Å²) in [5.41, 5.74) is 5.97. The smallest absolute Gasteiger partial charge is 0.0705 e. The SMILES string of the molecule is Cc1nn(-c2cc(Br)ccc2CNCC(C)C)c(C)c1C. The van der Waals surface area contributed by atoms with Crippen LogP contribution in [0.25, 0.3) is 5.69 Å².